The second-order valence-electron chi connectivity index (χ2n) is 6.37. The maximum Gasteiger partial charge on any atom is 0.245 e. The molecule has 0 radical (unpaired) electrons. The summed E-state index contributed by atoms with van der Waals surface area (Å²) in [5.74, 6) is 0.992. The summed E-state index contributed by atoms with van der Waals surface area (Å²) >= 11 is 0. The maximum atomic E-state index is 11.5. The molecule has 1 aliphatic heterocycles. The number of benzene rings is 1. The fourth-order valence-electron chi connectivity index (χ4n) is 3.97. The van der Waals surface area contributed by atoms with E-state index in [1.165, 1.54) is 18.4 Å². The lowest BCUT2D eigenvalue weighted by Gasteiger charge is -2.33. The van der Waals surface area contributed by atoms with Crippen LogP contribution in [0.4, 0.5) is 0 Å². The third-order valence-corrected chi connectivity index (χ3v) is 4.91. The number of carbonyl (C=O) groups is 1. The summed E-state index contributed by atoms with van der Waals surface area (Å²) in [7, 11) is 0. The molecule has 0 aromatic heterocycles. The summed E-state index contributed by atoms with van der Waals surface area (Å²) in [6.45, 7) is 2.77. The van der Waals surface area contributed by atoms with E-state index in [1.807, 2.05) is 6.07 Å². The Hall–Kier alpha value is -1.39. The largest absolute Gasteiger partial charge is 0.387 e. The minimum absolute atomic E-state index is 0.234. The van der Waals surface area contributed by atoms with Crippen molar-refractivity contribution in [3.05, 3.63) is 35.9 Å². The predicted molar refractivity (Wildman–Crippen MR) is 81.6 cm³/mol. The van der Waals surface area contributed by atoms with Crippen LogP contribution in [-0.4, -0.2) is 41.7 Å². The van der Waals surface area contributed by atoms with E-state index in [2.05, 4.69) is 34.5 Å². The predicted octanol–water partition coefficient (Wildman–Crippen LogP) is 1.40. The van der Waals surface area contributed by atoms with E-state index in [0.717, 1.165) is 26.1 Å². The summed E-state index contributed by atoms with van der Waals surface area (Å²) in [6.07, 6.45) is 3.49. The molecule has 1 aromatic carbocycles. The van der Waals surface area contributed by atoms with Gasteiger partial charge >= 0.3 is 0 Å². The molecule has 3 rings (SSSR count). The zero-order chi connectivity index (χ0) is 14.7. The Morgan fingerprint density at radius 1 is 1.24 bits per heavy atom. The molecular weight excluding hydrogens is 264 g/mol. The lowest BCUT2D eigenvalue weighted by Crippen LogP contribution is -2.46. The van der Waals surface area contributed by atoms with Crippen molar-refractivity contribution in [2.45, 2.75) is 31.8 Å². The van der Waals surface area contributed by atoms with Crippen molar-refractivity contribution in [3.8, 4) is 0 Å². The smallest absolute Gasteiger partial charge is 0.245 e. The number of hydrogen-bond donors (Lipinski definition) is 2. The average molecular weight is 288 g/mol. The molecule has 2 aliphatic rings. The van der Waals surface area contributed by atoms with E-state index in [-0.39, 0.29) is 11.9 Å². The fourth-order valence-corrected chi connectivity index (χ4v) is 3.97. The Bertz CT molecular complexity index is 477. The fraction of sp³-hybridized carbons (Fsp3) is 0.588. The van der Waals surface area contributed by atoms with E-state index in [0.29, 0.717) is 11.8 Å². The van der Waals surface area contributed by atoms with Crippen LogP contribution < -0.4 is 5.32 Å². The van der Waals surface area contributed by atoms with Gasteiger partial charge in [-0.25, -0.2) is 0 Å². The van der Waals surface area contributed by atoms with Gasteiger partial charge in [-0.1, -0.05) is 36.8 Å². The molecule has 0 spiro atoms. The van der Waals surface area contributed by atoms with Gasteiger partial charge in [0.2, 0.25) is 5.91 Å². The van der Waals surface area contributed by atoms with E-state index < -0.39 is 6.61 Å². The van der Waals surface area contributed by atoms with Crippen molar-refractivity contribution >= 4 is 5.91 Å². The van der Waals surface area contributed by atoms with Gasteiger partial charge in [-0.15, -0.1) is 0 Å². The molecule has 1 saturated heterocycles. The summed E-state index contributed by atoms with van der Waals surface area (Å²) in [5.41, 5.74) is 1.35. The standard InChI is InChI=1S/C17H24N2O2/c20-12-17(21)18-16-8-4-7-14-10-19(11-15(14)16)9-13-5-2-1-3-6-13/h1-3,5-6,14-16,20H,4,7-12H2,(H,18,21)/t14-,15-,16+/m0/s1. The van der Waals surface area contributed by atoms with E-state index in [4.69, 9.17) is 5.11 Å². The molecule has 1 heterocycles. The molecule has 3 atom stereocenters. The number of hydrogen-bond acceptors (Lipinski definition) is 3. The first-order valence-electron chi connectivity index (χ1n) is 7.93. The van der Waals surface area contributed by atoms with Crippen molar-refractivity contribution in [1.82, 2.24) is 10.2 Å². The van der Waals surface area contributed by atoms with Crippen molar-refractivity contribution in [1.29, 1.82) is 0 Å². The molecule has 2 fully saturated rings. The number of fused-ring (bicyclic) bond motifs is 1. The quantitative estimate of drug-likeness (QED) is 0.880. The minimum atomic E-state index is -0.401. The van der Waals surface area contributed by atoms with Gasteiger partial charge < -0.3 is 10.4 Å². The summed E-state index contributed by atoms with van der Waals surface area (Å²) in [6, 6.07) is 10.8. The molecule has 4 nitrogen and oxygen atoms in total. The Kier molecular flexibility index (Phi) is 4.56. The highest BCUT2D eigenvalue weighted by molar-refractivity contribution is 5.77. The van der Waals surface area contributed by atoms with Crippen LogP contribution in [0.25, 0.3) is 0 Å². The topological polar surface area (TPSA) is 52.6 Å². The van der Waals surface area contributed by atoms with Gasteiger partial charge in [0.15, 0.2) is 0 Å². The number of amides is 1. The molecular formula is C17H24N2O2. The average Bonchev–Trinajstić information content (AvgIpc) is 2.91. The minimum Gasteiger partial charge on any atom is -0.387 e. The second-order valence-corrected chi connectivity index (χ2v) is 6.37. The van der Waals surface area contributed by atoms with Crippen LogP contribution in [-0.2, 0) is 11.3 Å². The van der Waals surface area contributed by atoms with Crippen molar-refractivity contribution in [2.75, 3.05) is 19.7 Å². The van der Waals surface area contributed by atoms with Crippen LogP contribution in [0, 0.1) is 11.8 Å². The van der Waals surface area contributed by atoms with Gasteiger partial charge in [0.25, 0.3) is 0 Å². The summed E-state index contributed by atoms with van der Waals surface area (Å²) < 4.78 is 0. The number of nitrogens with zero attached hydrogens (tertiary/aromatic N) is 1. The number of carbonyl (C=O) groups excluding carboxylic acids is 1. The summed E-state index contributed by atoms with van der Waals surface area (Å²) in [4.78, 5) is 14.0. The zero-order valence-corrected chi connectivity index (χ0v) is 12.4. The maximum absolute atomic E-state index is 11.5. The van der Waals surface area contributed by atoms with Crippen LogP contribution >= 0.6 is 0 Å². The number of nitrogens with one attached hydrogen (secondary N) is 1. The molecule has 1 saturated carbocycles. The molecule has 4 heteroatoms. The molecule has 0 bridgehead atoms. The lowest BCUT2D eigenvalue weighted by atomic mass is 9.78. The molecule has 114 valence electrons. The number of rotatable bonds is 4. The Labute approximate surface area is 126 Å². The van der Waals surface area contributed by atoms with E-state index in [1.54, 1.807) is 0 Å². The van der Waals surface area contributed by atoms with Crippen LogP contribution in [0.1, 0.15) is 24.8 Å². The Morgan fingerprint density at radius 3 is 2.81 bits per heavy atom. The SMILES string of the molecule is O=C(CO)N[C@@H]1CCC[C@H]2CN(Cc3ccccc3)C[C@@H]21. The number of likely N-dealkylation sites (tertiary alicyclic amines) is 1. The van der Waals surface area contributed by atoms with E-state index >= 15 is 0 Å². The highest BCUT2D eigenvalue weighted by Crippen LogP contribution is 2.36. The lowest BCUT2D eigenvalue weighted by molar-refractivity contribution is -0.125. The van der Waals surface area contributed by atoms with Gasteiger partial charge in [0, 0.05) is 25.7 Å². The van der Waals surface area contributed by atoms with Crippen molar-refractivity contribution in [2.24, 2.45) is 11.8 Å². The van der Waals surface area contributed by atoms with Crippen LogP contribution in [0.2, 0.25) is 0 Å². The van der Waals surface area contributed by atoms with Crippen molar-refractivity contribution < 1.29 is 9.90 Å². The Morgan fingerprint density at radius 2 is 2.05 bits per heavy atom. The number of aliphatic hydroxyl groups excluding tert-OH is 1. The molecule has 0 unspecified atom stereocenters. The molecule has 1 aromatic rings. The normalized spacial score (nSPS) is 29.1. The molecule has 1 aliphatic carbocycles. The van der Waals surface area contributed by atoms with Gasteiger partial charge in [0.05, 0.1) is 0 Å². The van der Waals surface area contributed by atoms with Crippen LogP contribution in [0.15, 0.2) is 30.3 Å². The highest BCUT2D eigenvalue weighted by Gasteiger charge is 2.40. The zero-order valence-electron chi connectivity index (χ0n) is 12.4. The first-order valence-corrected chi connectivity index (χ1v) is 7.93. The van der Waals surface area contributed by atoms with Gasteiger partial charge in [-0.05, 0) is 30.2 Å². The van der Waals surface area contributed by atoms with Gasteiger partial charge in [-0.3, -0.25) is 9.69 Å². The molecule has 2 N–H and O–H groups in total. The third kappa shape index (κ3) is 3.44. The van der Waals surface area contributed by atoms with Gasteiger partial charge in [0.1, 0.15) is 6.61 Å². The van der Waals surface area contributed by atoms with Crippen LogP contribution in [0.5, 0.6) is 0 Å². The van der Waals surface area contributed by atoms with Crippen molar-refractivity contribution in [3.63, 3.8) is 0 Å². The third-order valence-electron chi connectivity index (χ3n) is 4.91. The first-order chi connectivity index (χ1) is 10.3. The Balaban J connectivity index is 1.61. The molecule has 1 amide bonds. The second kappa shape index (κ2) is 6.58. The number of aliphatic hydroxyl groups is 1. The highest BCUT2D eigenvalue weighted by atomic mass is 16.3. The monoisotopic (exact) mass is 288 g/mol. The summed E-state index contributed by atoms with van der Waals surface area (Å²) in [5, 5.41) is 11.9. The first kappa shape index (κ1) is 14.5. The van der Waals surface area contributed by atoms with E-state index in [9.17, 15) is 4.79 Å². The van der Waals surface area contributed by atoms with Gasteiger partial charge in [-0.2, -0.15) is 0 Å². The molecule has 21 heavy (non-hydrogen) atoms. The van der Waals surface area contributed by atoms with Crippen LogP contribution in [0.3, 0.4) is 0 Å².